The predicted molar refractivity (Wildman–Crippen MR) is 51.7 cm³/mol. The molecule has 0 nitrogen and oxygen atoms in total. The van der Waals surface area contributed by atoms with Gasteiger partial charge in [-0.15, -0.1) is 0 Å². The molecule has 0 saturated heterocycles. The van der Waals surface area contributed by atoms with Crippen molar-refractivity contribution in [2.45, 2.75) is 0 Å². The first-order valence-electron chi connectivity index (χ1n) is 3.85. The van der Waals surface area contributed by atoms with E-state index in [4.69, 9.17) is 0 Å². The fourth-order valence-electron chi connectivity index (χ4n) is 1.28. The van der Waals surface area contributed by atoms with Gasteiger partial charge in [-0.05, 0) is 23.1 Å². The van der Waals surface area contributed by atoms with Gasteiger partial charge in [-0.2, -0.15) is 0 Å². The predicted octanol–water partition coefficient (Wildman–Crippen LogP) is 3.08. The van der Waals surface area contributed by atoms with Crippen molar-refractivity contribution in [2.24, 2.45) is 0 Å². The lowest BCUT2D eigenvalue weighted by molar-refractivity contribution is 1.74. The van der Waals surface area contributed by atoms with Gasteiger partial charge in [0.15, 0.2) is 0 Å². The Morgan fingerprint density at radius 3 is 2.92 bits per heavy atom. The summed E-state index contributed by atoms with van der Waals surface area (Å²) < 4.78 is 0. The number of benzene rings is 1. The highest BCUT2D eigenvalue weighted by Gasteiger charge is 1.93. The van der Waals surface area contributed by atoms with Gasteiger partial charge in [0.05, 0.1) is 0 Å². The van der Waals surface area contributed by atoms with Crippen LogP contribution in [0.1, 0.15) is 5.56 Å². The second-order valence-electron chi connectivity index (χ2n) is 2.62. The Hall–Kier alpha value is -1.74. The summed E-state index contributed by atoms with van der Waals surface area (Å²) in [7, 11) is 0. The lowest BCUT2D eigenvalue weighted by Crippen LogP contribution is -1.73. The molecule has 0 heterocycles. The average molecular weight is 152 g/mol. The van der Waals surface area contributed by atoms with Crippen molar-refractivity contribution in [1.82, 2.24) is 0 Å². The molecule has 0 fully saturated rings. The van der Waals surface area contributed by atoms with E-state index >= 15 is 0 Å². The molecule has 0 atom stereocenters. The Morgan fingerprint density at radius 1 is 1.25 bits per heavy atom. The van der Waals surface area contributed by atoms with E-state index in [2.05, 4.69) is 24.8 Å². The Balaban J connectivity index is 2.88. The van der Waals surface area contributed by atoms with Crippen molar-refractivity contribution < 1.29 is 0 Å². The molecule has 0 radical (unpaired) electrons. The van der Waals surface area contributed by atoms with Crippen LogP contribution in [0.25, 0.3) is 16.8 Å². The van der Waals surface area contributed by atoms with Crippen molar-refractivity contribution in [2.75, 3.05) is 0 Å². The van der Waals surface area contributed by atoms with Gasteiger partial charge in [-0.1, -0.05) is 43.0 Å². The molecule has 0 aliphatic carbocycles. The minimum Gasteiger partial charge on any atom is -0.0984 e. The largest absolute Gasteiger partial charge is 0.0984 e. The van der Waals surface area contributed by atoms with Crippen LogP contribution < -0.4 is 0 Å². The molecule has 0 spiro atoms. The fraction of sp³-hybridized carbons (Fsp3) is 0. The van der Waals surface area contributed by atoms with Gasteiger partial charge in [-0.3, -0.25) is 0 Å². The first-order valence-corrected chi connectivity index (χ1v) is 3.85. The molecular weight excluding hydrogens is 144 g/mol. The molecule has 56 valence electrons. The van der Waals surface area contributed by atoms with E-state index in [9.17, 15) is 0 Å². The molecule has 0 bridgehead atoms. The Bertz CT molecular complexity index is 408. The third kappa shape index (κ3) is 0.963. The van der Waals surface area contributed by atoms with Crippen molar-refractivity contribution in [3.8, 4) is 0 Å². The quantitative estimate of drug-likeness (QED) is 0.589. The van der Waals surface area contributed by atoms with Gasteiger partial charge < -0.3 is 0 Å². The van der Waals surface area contributed by atoms with E-state index < -0.39 is 0 Å². The maximum Gasteiger partial charge on any atom is 0.0327 e. The van der Waals surface area contributed by atoms with Gasteiger partial charge in [0, 0.05) is 5.39 Å². The third-order valence-electron chi connectivity index (χ3n) is 1.89. The van der Waals surface area contributed by atoms with E-state index in [-0.39, 0.29) is 0 Å². The van der Waals surface area contributed by atoms with Crippen LogP contribution in [0.5, 0.6) is 0 Å². The lowest BCUT2D eigenvalue weighted by Gasteiger charge is -1.96. The summed E-state index contributed by atoms with van der Waals surface area (Å²) in [6, 6.07) is 16.0. The molecule has 0 unspecified atom stereocenters. The summed E-state index contributed by atoms with van der Waals surface area (Å²) in [5.74, 6) is 0. The number of fused-ring (bicyclic) bond motifs is 1. The maximum absolute atomic E-state index is 3.75. The average Bonchev–Trinajstić information content (AvgIpc) is 2.17. The van der Waals surface area contributed by atoms with Gasteiger partial charge in [0.2, 0.25) is 0 Å². The van der Waals surface area contributed by atoms with E-state index in [1.54, 1.807) is 0 Å². The zero-order valence-electron chi connectivity index (χ0n) is 6.67. The SMILES string of the molecule is C=Cc1cc#cc2ccccc12. The summed E-state index contributed by atoms with van der Waals surface area (Å²) in [6.07, 6.45) is 1.84. The molecular formula is C12H8. The molecule has 0 saturated carbocycles. The Labute approximate surface area is 72.2 Å². The van der Waals surface area contributed by atoms with Crippen LogP contribution in [0.4, 0.5) is 0 Å². The highest BCUT2D eigenvalue weighted by atomic mass is 14.0. The van der Waals surface area contributed by atoms with E-state index in [1.807, 2.05) is 30.3 Å². The van der Waals surface area contributed by atoms with Gasteiger partial charge in [0.25, 0.3) is 0 Å². The van der Waals surface area contributed by atoms with Crippen LogP contribution in [0.2, 0.25) is 0 Å². The number of rotatable bonds is 1. The first kappa shape index (κ1) is 6.94. The Kier molecular flexibility index (Phi) is 1.57. The fourth-order valence-corrected chi connectivity index (χ4v) is 1.28. The van der Waals surface area contributed by atoms with Crippen LogP contribution in [-0.4, -0.2) is 0 Å². The molecule has 12 heavy (non-hydrogen) atoms. The summed E-state index contributed by atoms with van der Waals surface area (Å²) in [5, 5.41) is 2.28. The van der Waals surface area contributed by atoms with Crippen molar-refractivity contribution >= 4 is 16.8 Å². The molecule has 0 heteroatoms. The Morgan fingerprint density at radius 2 is 2.08 bits per heavy atom. The van der Waals surface area contributed by atoms with Crippen LogP contribution in [0, 0.1) is 12.1 Å². The van der Waals surface area contributed by atoms with E-state index in [0.29, 0.717) is 0 Å². The van der Waals surface area contributed by atoms with Crippen molar-refractivity contribution in [3.63, 3.8) is 0 Å². The summed E-state index contributed by atoms with van der Waals surface area (Å²) in [6.45, 7) is 3.75. The van der Waals surface area contributed by atoms with E-state index in [0.717, 1.165) is 10.9 Å². The van der Waals surface area contributed by atoms with Crippen LogP contribution in [0.3, 0.4) is 0 Å². The summed E-state index contributed by atoms with van der Waals surface area (Å²) in [5.41, 5.74) is 1.12. The number of hydrogen-bond donors (Lipinski definition) is 0. The maximum atomic E-state index is 3.75. The van der Waals surface area contributed by atoms with Gasteiger partial charge in [-0.25, -0.2) is 0 Å². The molecule has 0 aliphatic heterocycles. The zero-order chi connectivity index (χ0) is 8.39. The van der Waals surface area contributed by atoms with E-state index in [1.165, 1.54) is 5.39 Å². The van der Waals surface area contributed by atoms with Gasteiger partial charge in [0.1, 0.15) is 0 Å². The van der Waals surface area contributed by atoms with Crippen LogP contribution >= 0.6 is 0 Å². The second kappa shape index (κ2) is 2.71. The van der Waals surface area contributed by atoms with Crippen molar-refractivity contribution in [3.05, 3.63) is 54.6 Å². The molecule has 0 aliphatic rings. The molecule has 0 N–H and O–H groups in total. The summed E-state index contributed by atoms with van der Waals surface area (Å²) >= 11 is 0. The topological polar surface area (TPSA) is 0 Å². The molecule has 2 aromatic carbocycles. The highest BCUT2D eigenvalue weighted by Crippen LogP contribution is 2.16. The highest BCUT2D eigenvalue weighted by molar-refractivity contribution is 5.88. The smallest absolute Gasteiger partial charge is 0.0327 e. The third-order valence-corrected chi connectivity index (χ3v) is 1.89. The van der Waals surface area contributed by atoms with Crippen LogP contribution in [-0.2, 0) is 0 Å². The molecule has 0 aromatic heterocycles. The van der Waals surface area contributed by atoms with Crippen LogP contribution in [0.15, 0.2) is 36.9 Å². The minimum absolute atomic E-state index is 1.09. The normalized spacial score (nSPS) is 9.33. The monoisotopic (exact) mass is 152 g/mol. The minimum atomic E-state index is 1.09. The molecule has 0 amide bonds. The standard InChI is InChI=1S/C12H8/c1-2-10-7-5-8-11-6-3-4-9-12(10)11/h2-4,6-7,9H,1H2. The molecule has 2 rings (SSSR count). The first-order chi connectivity index (χ1) is 5.92. The zero-order valence-corrected chi connectivity index (χ0v) is 6.67. The lowest BCUT2D eigenvalue weighted by atomic mass is 10.1. The van der Waals surface area contributed by atoms with Crippen molar-refractivity contribution in [1.29, 1.82) is 0 Å². The summed E-state index contributed by atoms with van der Waals surface area (Å²) in [4.78, 5) is 0. The second-order valence-corrected chi connectivity index (χ2v) is 2.62. The number of hydrogen-bond acceptors (Lipinski definition) is 0. The molecule has 2 aromatic rings. The van der Waals surface area contributed by atoms with Gasteiger partial charge >= 0.3 is 0 Å².